The number of hydrogen-bond acceptors (Lipinski definition) is 4. The molecule has 0 fully saturated rings. The fourth-order valence-corrected chi connectivity index (χ4v) is 2.76. The number of carbonyl (C=O) groups is 2. The van der Waals surface area contributed by atoms with E-state index >= 15 is 0 Å². The summed E-state index contributed by atoms with van der Waals surface area (Å²) in [6, 6.07) is 14.6. The van der Waals surface area contributed by atoms with Gasteiger partial charge in [-0.05, 0) is 42.0 Å². The van der Waals surface area contributed by atoms with E-state index in [0.717, 1.165) is 11.3 Å². The van der Waals surface area contributed by atoms with Crippen LogP contribution in [0.2, 0.25) is 0 Å². The third-order valence-electron chi connectivity index (χ3n) is 3.40. The lowest BCUT2D eigenvalue weighted by Gasteiger charge is -2.06. The summed E-state index contributed by atoms with van der Waals surface area (Å²) in [6.45, 7) is 0. The van der Waals surface area contributed by atoms with Crippen LogP contribution in [-0.4, -0.2) is 27.5 Å². The van der Waals surface area contributed by atoms with E-state index in [2.05, 4.69) is 20.8 Å². The molecule has 0 aliphatic heterocycles. The van der Waals surface area contributed by atoms with Gasteiger partial charge < -0.3 is 4.98 Å². The highest BCUT2D eigenvalue weighted by molar-refractivity contribution is 7.99. The normalized spacial score (nSPS) is 10.3. The van der Waals surface area contributed by atoms with Crippen molar-refractivity contribution < 1.29 is 14.0 Å². The molecule has 3 rings (SSSR count). The molecule has 0 saturated carbocycles. The Balaban J connectivity index is 1.47. The summed E-state index contributed by atoms with van der Waals surface area (Å²) < 4.78 is 13.0. The molecule has 2 amide bonds. The van der Waals surface area contributed by atoms with E-state index < -0.39 is 0 Å². The van der Waals surface area contributed by atoms with Crippen LogP contribution in [0.3, 0.4) is 0 Å². The Labute approximate surface area is 153 Å². The lowest BCUT2D eigenvalue weighted by molar-refractivity contribution is -0.119. The first-order valence-corrected chi connectivity index (χ1v) is 8.68. The van der Waals surface area contributed by atoms with Gasteiger partial charge in [0, 0.05) is 5.56 Å². The Bertz CT molecular complexity index is 897. The molecule has 0 aliphatic carbocycles. The fourth-order valence-electron chi connectivity index (χ4n) is 2.11. The number of aromatic nitrogens is 2. The van der Waals surface area contributed by atoms with Gasteiger partial charge in [0.05, 0.1) is 17.6 Å². The highest BCUT2D eigenvalue weighted by atomic mass is 32.2. The Morgan fingerprint density at radius 2 is 1.77 bits per heavy atom. The number of amides is 2. The zero-order valence-electron chi connectivity index (χ0n) is 13.5. The van der Waals surface area contributed by atoms with Gasteiger partial charge in [0.1, 0.15) is 5.82 Å². The minimum atomic E-state index is -0.388. The van der Waals surface area contributed by atoms with E-state index in [9.17, 15) is 14.0 Å². The smallest absolute Gasteiger partial charge is 0.269 e. The second kappa shape index (κ2) is 8.30. The first-order valence-electron chi connectivity index (χ1n) is 7.70. The van der Waals surface area contributed by atoms with Crippen LogP contribution in [-0.2, 0) is 4.79 Å². The second-order valence-corrected chi connectivity index (χ2v) is 6.23. The number of nitrogens with one attached hydrogen (secondary N) is 3. The van der Waals surface area contributed by atoms with Gasteiger partial charge in [-0.1, -0.05) is 30.0 Å². The molecule has 6 nitrogen and oxygen atoms in total. The summed E-state index contributed by atoms with van der Waals surface area (Å²) in [5.74, 6) is -0.984. The van der Waals surface area contributed by atoms with Crippen LogP contribution in [0.4, 0.5) is 4.39 Å². The van der Waals surface area contributed by atoms with Crippen molar-refractivity contribution in [1.29, 1.82) is 0 Å². The molecule has 1 aromatic heterocycles. The van der Waals surface area contributed by atoms with Gasteiger partial charge in [-0.3, -0.25) is 20.4 Å². The highest BCUT2D eigenvalue weighted by Gasteiger charge is 2.09. The first kappa shape index (κ1) is 17.7. The summed E-state index contributed by atoms with van der Waals surface area (Å²) in [4.78, 5) is 30.9. The minimum Gasteiger partial charge on any atom is -0.333 e. The molecule has 0 aliphatic rings. The predicted molar refractivity (Wildman–Crippen MR) is 96.8 cm³/mol. The number of rotatable bonds is 5. The Hall–Kier alpha value is -3.13. The molecule has 0 radical (unpaired) electrons. The quantitative estimate of drug-likeness (QED) is 0.476. The molecular weight excluding hydrogens is 355 g/mol. The van der Waals surface area contributed by atoms with Gasteiger partial charge in [0.25, 0.3) is 5.91 Å². The van der Waals surface area contributed by atoms with Crippen molar-refractivity contribution >= 4 is 23.6 Å². The number of imidazole rings is 1. The Kier molecular flexibility index (Phi) is 5.65. The first-order chi connectivity index (χ1) is 12.6. The summed E-state index contributed by atoms with van der Waals surface area (Å²) in [5.41, 5.74) is 6.68. The average Bonchev–Trinajstić information content (AvgIpc) is 3.14. The van der Waals surface area contributed by atoms with Crippen LogP contribution in [0.5, 0.6) is 0 Å². The van der Waals surface area contributed by atoms with Crippen LogP contribution in [0.15, 0.2) is 66.0 Å². The summed E-state index contributed by atoms with van der Waals surface area (Å²) in [5, 5.41) is 0.550. The van der Waals surface area contributed by atoms with Gasteiger partial charge in [-0.15, -0.1) is 0 Å². The van der Waals surface area contributed by atoms with E-state index in [-0.39, 0.29) is 23.4 Å². The second-order valence-electron chi connectivity index (χ2n) is 5.27. The van der Waals surface area contributed by atoms with Crippen molar-refractivity contribution in [1.82, 2.24) is 20.8 Å². The summed E-state index contributed by atoms with van der Waals surface area (Å²) >= 11 is 1.19. The maximum Gasteiger partial charge on any atom is 0.269 e. The predicted octanol–water partition coefficient (Wildman–Crippen LogP) is 2.77. The zero-order valence-corrected chi connectivity index (χ0v) is 14.3. The number of halogens is 1. The SMILES string of the molecule is O=C(CSc1ncc(-c2ccc(F)cc2)[nH]1)NNC(=O)c1ccccc1. The van der Waals surface area contributed by atoms with Gasteiger partial charge in [-0.2, -0.15) is 0 Å². The molecular formula is C18H15FN4O2S. The number of aromatic amines is 1. The van der Waals surface area contributed by atoms with E-state index in [4.69, 9.17) is 0 Å². The topological polar surface area (TPSA) is 86.9 Å². The maximum atomic E-state index is 13.0. The van der Waals surface area contributed by atoms with Gasteiger partial charge in [-0.25, -0.2) is 9.37 Å². The molecule has 2 aromatic carbocycles. The molecule has 3 aromatic rings. The number of hydrogen-bond donors (Lipinski definition) is 3. The Morgan fingerprint density at radius 1 is 1.04 bits per heavy atom. The minimum absolute atomic E-state index is 0.0748. The Morgan fingerprint density at radius 3 is 2.50 bits per heavy atom. The largest absolute Gasteiger partial charge is 0.333 e. The summed E-state index contributed by atoms with van der Waals surface area (Å²) in [6.07, 6.45) is 1.62. The van der Waals surface area contributed by atoms with Crippen molar-refractivity contribution in [3.63, 3.8) is 0 Å². The average molecular weight is 370 g/mol. The lowest BCUT2D eigenvalue weighted by atomic mass is 10.2. The van der Waals surface area contributed by atoms with E-state index in [1.165, 1.54) is 23.9 Å². The van der Waals surface area contributed by atoms with Crippen molar-refractivity contribution in [2.75, 3.05) is 5.75 Å². The van der Waals surface area contributed by atoms with Crippen molar-refractivity contribution in [2.45, 2.75) is 5.16 Å². The number of nitrogens with zero attached hydrogens (tertiary/aromatic N) is 1. The molecule has 0 saturated heterocycles. The maximum absolute atomic E-state index is 13.0. The lowest BCUT2D eigenvalue weighted by Crippen LogP contribution is -2.42. The van der Waals surface area contributed by atoms with Gasteiger partial charge in [0.15, 0.2) is 5.16 Å². The molecule has 8 heteroatoms. The zero-order chi connectivity index (χ0) is 18.4. The number of H-pyrrole nitrogens is 1. The number of hydrazine groups is 1. The van der Waals surface area contributed by atoms with Crippen molar-refractivity contribution in [3.8, 4) is 11.3 Å². The third-order valence-corrected chi connectivity index (χ3v) is 4.29. The van der Waals surface area contributed by atoms with E-state index in [1.54, 1.807) is 48.7 Å². The van der Waals surface area contributed by atoms with E-state index in [1.807, 2.05) is 0 Å². The molecule has 0 atom stereocenters. The van der Waals surface area contributed by atoms with Crippen LogP contribution in [0.25, 0.3) is 11.3 Å². The molecule has 1 heterocycles. The number of carbonyl (C=O) groups excluding carboxylic acids is 2. The monoisotopic (exact) mass is 370 g/mol. The molecule has 0 spiro atoms. The molecule has 0 bridgehead atoms. The van der Waals surface area contributed by atoms with Gasteiger partial charge in [0.2, 0.25) is 5.91 Å². The number of thioether (sulfide) groups is 1. The van der Waals surface area contributed by atoms with Crippen molar-refractivity contribution in [3.05, 3.63) is 72.2 Å². The number of benzene rings is 2. The van der Waals surface area contributed by atoms with Crippen LogP contribution in [0, 0.1) is 5.82 Å². The third kappa shape index (κ3) is 4.70. The molecule has 26 heavy (non-hydrogen) atoms. The molecule has 132 valence electrons. The van der Waals surface area contributed by atoms with E-state index in [0.29, 0.717) is 10.7 Å². The van der Waals surface area contributed by atoms with Gasteiger partial charge >= 0.3 is 0 Å². The molecule has 3 N–H and O–H groups in total. The standard InChI is InChI=1S/C18H15FN4O2S/c19-14-8-6-12(7-9-14)15-10-20-18(21-15)26-11-16(24)22-23-17(25)13-4-2-1-3-5-13/h1-10H,11H2,(H,20,21)(H,22,24)(H,23,25). The summed E-state index contributed by atoms with van der Waals surface area (Å²) in [7, 11) is 0. The highest BCUT2D eigenvalue weighted by Crippen LogP contribution is 2.21. The van der Waals surface area contributed by atoms with Crippen LogP contribution >= 0.6 is 11.8 Å². The van der Waals surface area contributed by atoms with Crippen LogP contribution in [0.1, 0.15) is 10.4 Å². The fraction of sp³-hybridized carbons (Fsp3) is 0.0556. The van der Waals surface area contributed by atoms with Crippen LogP contribution < -0.4 is 10.9 Å². The van der Waals surface area contributed by atoms with Crippen molar-refractivity contribution in [2.24, 2.45) is 0 Å². The molecule has 0 unspecified atom stereocenters.